The highest BCUT2D eigenvalue weighted by atomic mass is 35.5. The molecule has 0 fully saturated rings. The van der Waals surface area contributed by atoms with Crippen LogP contribution >= 0.6 is 23.4 Å². The standard InChI is InChI=1S/C18H16ClN3OS/c1-24-14-3-4-16-15(9-14)18(21-11-20-16)22-6-7-23-17-5-2-13(19)8-12(17)10-22/h2-5,8-9,11H,6-7,10H2,1H3. The number of aromatic nitrogens is 2. The molecule has 6 heteroatoms. The van der Waals surface area contributed by atoms with E-state index in [9.17, 15) is 0 Å². The summed E-state index contributed by atoms with van der Waals surface area (Å²) in [4.78, 5) is 12.4. The monoisotopic (exact) mass is 357 g/mol. The SMILES string of the molecule is CSc1ccc2ncnc(N3CCOc4ccc(Cl)cc4C3)c2c1. The van der Waals surface area contributed by atoms with Crippen LogP contribution in [0.3, 0.4) is 0 Å². The van der Waals surface area contributed by atoms with Crippen LogP contribution in [0.4, 0.5) is 5.82 Å². The highest BCUT2D eigenvalue weighted by Gasteiger charge is 2.19. The van der Waals surface area contributed by atoms with Crippen molar-refractivity contribution in [3.63, 3.8) is 0 Å². The maximum Gasteiger partial charge on any atom is 0.140 e. The van der Waals surface area contributed by atoms with Crippen LogP contribution in [0.5, 0.6) is 5.75 Å². The molecular weight excluding hydrogens is 342 g/mol. The topological polar surface area (TPSA) is 38.2 Å². The summed E-state index contributed by atoms with van der Waals surface area (Å²) in [6.07, 6.45) is 3.70. The van der Waals surface area contributed by atoms with Crippen molar-refractivity contribution in [1.82, 2.24) is 9.97 Å². The molecule has 0 aliphatic carbocycles. The zero-order chi connectivity index (χ0) is 16.5. The Balaban J connectivity index is 1.79. The van der Waals surface area contributed by atoms with Gasteiger partial charge in [-0.3, -0.25) is 0 Å². The number of hydrogen-bond acceptors (Lipinski definition) is 5. The first kappa shape index (κ1) is 15.5. The fourth-order valence-corrected chi connectivity index (χ4v) is 3.58. The molecule has 0 saturated carbocycles. The number of benzene rings is 2. The van der Waals surface area contributed by atoms with Crippen molar-refractivity contribution >= 4 is 40.1 Å². The van der Waals surface area contributed by atoms with Crippen LogP contribution < -0.4 is 9.64 Å². The molecule has 1 aromatic heterocycles. The molecule has 1 aliphatic heterocycles. The molecule has 0 radical (unpaired) electrons. The maximum absolute atomic E-state index is 6.16. The van der Waals surface area contributed by atoms with Gasteiger partial charge in [-0.2, -0.15) is 0 Å². The van der Waals surface area contributed by atoms with Crippen LogP contribution in [0.25, 0.3) is 10.9 Å². The van der Waals surface area contributed by atoms with Gasteiger partial charge in [-0.15, -0.1) is 11.8 Å². The van der Waals surface area contributed by atoms with Gasteiger partial charge in [0, 0.05) is 27.4 Å². The van der Waals surface area contributed by atoms with Crippen molar-refractivity contribution in [1.29, 1.82) is 0 Å². The molecule has 24 heavy (non-hydrogen) atoms. The second-order valence-corrected chi connectivity index (χ2v) is 6.92. The van der Waals surface area contributed by atoms with Gasteiger partial charge in [-0.25, -0.2) is 9.97 Å². The number of ether oxygens (including phenoxy) is 1. The summed E-state index contributed by atoms with van der Waals surface area (Å²) in [6.45, 7) is 2.09. The molecule has 0 bridgehead atoms. The van der Waals surface area contributed by atoms with Crippen molar-refractivity contribution in [2.75, 3.05) is 24.3 Å². The van der Waals surface area contributed by atoms with E-state index in [0.29, 0.717) is 13.2 Å². The molecule has 122 valence electrons. The van der Waals surface area contributed by atoms with E-state index in [-0.39, 0.29) is 0 Å². The molecule has 2 heterocycles. The Kier molecular flexibility index (Phi) is 4.21. The van der Waals surface area contributed by atoms with E-state index in [1.54, 1.807) is 18.1 Å². The Labute approximate surface area is 149 Å². The Bertz CT molecular complexity index is 903. The van der Waals surface area contributed by atoms with Crippen LogP contribution in [0, 0.1) is 0 Å². The predicted octanol–water partition coefficient (Wildman–Crippen LogP) is 4.40. The molecular formula is C18H16ClN3OS. The number of thioether (sulfide) groups is 1. The van der Waals surface area contributed by atoms with Gasteiger partial charge < -0.3 is 9.64 Å². The Morgan fingerprint density at radius 1 is 1.17 bits per heavy atom. The van der Waals surface area contributed by atoms with E-state index in [1.165, 1.54) is 4.90 Å². The largest absolute Gasteiger partial charge is 0.491 e. The van der Waals surface area contributed by atoms with Crippen LogP contribution in [-0.4, -0.2) is 29.4 Å². The lowest BCUT2D eigenvalue weighted by Gasteiger charge is -2.22. The zero-order valence-electron chi connectivity index (χ0n) is 13.2. The third-order valence-electron chi connectivity index (χ3n) is 4.12. The molecule has 4 nitrogen and oxygen atoms in total. The highest BCUT2D eigenvalue weighted by molar-refractivity contribution is 7.98. The van der Waals surface area contributed by atoms with Gasteiger partial charge in [-0.05, 0) is 42.7 Å². The number of nitrogens with zero attached hydrogens (tertiary/aromatic N) is 3. The van der Waals surface area contributed by atoms with Gasteiger partial charge >= 0.3 is 0 Å². The quantitative estimate of drug-likeness (QED) is 0.635. The Hall–Kier alpha value is -1.98. The van der Waals surface area contributed by atoms with E-state index < -0.39 is 0 Å². The third-order valence-corrected chi connectivity index (χ3v) is 5.08. The summed E-state index contributed by atoms with van der Waals surface area (Å²) in [5.74, 6) is 1.83. The smallest absolute Gasteiger partial charge is 0.140 e. The fourth-order valence-electron chi connectivity index (χ4n) is 2.94. The second kappa shape index (κ2) is 6.49. The van der Waals surface area contributed by atoms with Crippen molar-refractivity contribution in [2.24, 2.45) is 0 Å². The Morgan fingerprint density at radius 3 is 2.96 bits per heavy atom. The molecule has 0 atom stereocenters. The number of anilines is 1. The molecule has 0 spiro atoms. The zero-order valence-corrected chi connectivity index (χ0v) is 14.8. The van der Waals surface area contributed by atoms with Gasteiger partial charge in [0.15, 0.2) is 0 Å². The van der Waals surface area contributed by atoms with E-state index in [4.69, 9.17) is 16.3 Å². The second-order valence-electron chi connectivity index (χ2n) is 5.60. The van der Waals surface area contributed by atoms with Crippen LogP contribution in [0.2, 0.25) is 5.02 Å². The van der Waals surface area contributed by atoms with Gasteiger partial charge in [0.2, 0.25) is 0 Å². The lowest BCUT2D eigenvalue weighted by Crippen LogP contribution is -2.26. The number of halogens is 1. The van der Waals surface area contributed by atoms with Crippen LogP contribution in [0.1, 0.15) is 5.56 Å². The molecule has 0 saturated heterocycles. The minimum atomic E-state index is 0.613. The van der Waals surface area contributed by atoms with Gasteiger partial charge in [0.25, 0.3) is 0 Å². The van der Waals surface area contributed by atoms with Crippen LogP contribution in [0.15, 0.2) is 47.6 Å². The minimum absolute atomic E-state index is 0.613. The first-order valence-electron chi connectivity index (χ1n) is 7.69. The summed E-state index contributed by atoms with van der Waals surface area (Å²) < 4.78 is 5.86. The summed E-state index contributed by atoms with van der Waals surface area (Å²) in [5.41, 5.74) is 2.03. The average Bonchev–Trinajstić information content (AvgIpc) is 2.82. The summed E-state index contributed by atoms with van der Waals surface area (Å²) in [6, 6.07) is 12.0. The molecule has 0 unspecified atom stereocenters. The first-order valence-corrected chi connectivity index (χ1v) is 9.30. The Morgan fingerprint density at radius 2 is 2.08 bits per heavy atom. The molecule has 0 amide bonds. The van der Waals surface area contributed by atoms with Crippen molar-refractivity contribution in [3.05, 3.63) is 53.3 Å². The number of hydrogen-bond donors (Lipinski definition) is 0. The summed E-state index contributed by atoms with van der Waals surface area (Å²) in [7, 11) is 0. The summed E-state index contributed by atoms with van der Waals surface area (Å²) in [5, 5.41) is 1.78. The summed E-state index contributed by atoms with van der Waals surface area (Å²) >= 11 is 7.87. The van der Waals surface area contributed by atoms with Crippen molar-refractivity contribution in [2.45, 2.75) is 11.4 Å². The van der Waals surface area contributed by atoms with E-state index in [1.807, 2.05) is 24.3 Å². The molecule has 2 aromatic carbocycles. The molecule has 4 rings (SSSR count). The third kappa shape index (κ3) is 2.89. The number of rotatable bonds is 2. The van der Waals surface area contributed by atoms with Crippen molar-refractivity contribution in [3.8, 4) is 5.75 Å². The normalized spacial score (nSPS) is 14.2. The van der Waals surface area contributed by atoms with Gasteiger partial charge in [-0.1, -0.05) is 11.6 Å². The first-order chi connectivity index (χ1) is 11.7. The molecule has 3 aromatic rings. The maximum atomic E-state index is 6.16. The van der Waals surface area contributed by atoms with E-state index in [0.717, 1.165) is 39.6 Å². The molecule has 0 N–H and O–H groups in total. The fraction of sp³-hybridized carbons (Fsp3) is 0.222. The number of fused-ring (bicyclic) bond motifs is 2. The van der Waals surface area contributed by atoms with Crippen LogP contribution in [-0.2, 0) is 6.54 Å². The van der Waals surface area contributed by atoms with Gasteiger partial charge in [0.05, 0.1) is 12.1 Å². The van der Waals surface area contributed by atoms with Gasteiger partial charge in [0.1, 0.15) is 24.5 Å². The minimum Gasteiger partial charge on any atom is -0.491 e. The van der Waals surface area contributed by atoms with E-state index >= 15 is 0 Å². The highest BCUT2D eigenvalue weighted by Crippen LogP contribution is 2.32. The van der Waals surface area contributed by atoms with Crippen molar-refractivity contribution < 1.29 is 4.74 Å². The lowest BCUT2D eigenvalue weighted by molar-refractivity contribution is 0.331. The molecule has 1 aliphatic rings. The van der Waals surface area contributed by atoms with E-state index in [2.05, 4.69) is 33.3 Å². The lowest BCUT2D eigenvalue weighted by atomic mass is 10.1. The average molecular weight is 358 g/mol. The predicted molar refractivity (Wildman–Crippen MR) is 99.3 cm³/mol.